The summed E-state index contributed by atoms with van der Waals surface area (Å²) in [5.74, 6) is 0. The SMILES string of the molecule is Cc1cccc(C)c1-n1c(C)cc(/C=c2/sc3n(c2=O)[C@H](c2ccccc2)C2=C(N=3)c3ccccc3CC2)c1C. The van der Waals surface area contributed by atoms with Crippen LogP contribution in [0.3, 0.4) is 0 Å². The summed E-state index contributed by atoms with van der Waals surface area (Å²) < 4.78 is 4.97. The van der Waals surface area contributed by atoms with Crippen molar-refractivity contribution in [2.75, 3.05) is 0 Å². The van der Waals surface area contributed by atoms with Crippen LogP contribution in [0.5, 0.6) is 0 Å². The predicted octanol–water partition coefficient (Wildman–Crippen LogP) is 6.34. The molecule has 40 heavy (non-hydrogen) atoms. The maximum Gasteiger partial charge on any atom is 0.271 e. The minimum absolute atomic E-state index is 0.0277. The van der Waals surface area contributed by atoms with Crippen molar-refractivity contribution in [3.63, 3.8) is 0 Å². The lowest BCUT2D eigenvalue weighted by atomic mass is 9.83. The maximum absolute atomic E-state index is 14.2. The van der Waals surface area contributed by atoms with Crippen molar-refractivity contribution in [2.24, 2.45) is 4.99 Å². The monoisotopic (exact) mass is 541 g/mol. The van der Waals surface area contributed by atoms with E-state index in [0.717, 1.165) is 50.4 Å². The third-order valence-corrected chi connectivity index (χ3v) is 9.39. The van der Waals surface area contributed by atoms with Gasteiger partial charge in [-0.3, -0.25) is 9.36 Å². The van der Waals surface area contributed by atoms with Gasteiger partial charge < -0.3 is 4.57 Å². The third kappa shape index (κ3) is 3.80. The van der Waals surface area contributed by atoms with Gasteiger partial charge in [-0.05, 0) is 86.1 Å². The summed E-state index contributed by atoms with van der Waals surface area (Å²) in [5.41, 5.74) is 13.0. The lowest BCUT2D eigenvalue weighted by Crippen LogP contribution is -2.38. The van der Waals surface area contributed by atoms with Crippen molar-refractivity contribution >= 4 is 23.1 Å². The fourth-order valence-electron chi connectivity index (χ4n) is 6.54. The maximum atomic E-state index is 14.2. The smallest absolute Gasteiger partial charge is 0.271 e. The van der Waals surface area contributed by atoms with Crippen molar-refractivity contribution in [1.82, 2.24) is 9.13 Å². The zero-order valence-corrected chi connectivity index (χ0v) is 24.0. The number of benzene rings is 3. The molecule has 1 aliphatic carbocycles. The van der Waals surface area contributed by atoms with Crippen molar-refractivity contribution < 1.29 is 0 Å². The number of allylic oxidation sites excluding steroid dienone is 1. The molecule has 0 radical (unpaired) electrons. The molecule has 1 aliphatic heterocycles. The largest absolute Gasteiger partial charge is 0.317 e. The van der Waals surface area contributed by atoms with Gasteiger partial charge in [0.05, 0.1) is 22.0 Å². The Morgan fingerprint density at radius 3 is 2.38 bits per heavy atom. The zero-order chi connectivity index (χ0) is 27.5. The van der Waals surface area contributed by atoms with Crippen LogP contribution in [-0.4, -0.2) is 9.13 Å². The average molecular weight is 542 g/mol. The lowest BCUT2D eigenvalue weighted by Gasteiger charge is -2.30. The van der Waals surface area contributed by atoms with Crippen molar-refractivity contribution in [1.29, 1.82) is 0 Å². The number of fused-ring (bicyclic) bond motifs is 3. The van der Waals surface area contributed by atoms with E-state index in [1.54, 1.807) is 0 Å². The molecule has 0 amide bonds. The highest BCUT2D eigenvalue weighted by molar-refractivity contribution is 7.07. The van der Waals surface area contributed by atoms with Crippen LogP contribution in [0.15, 0.2) is 94.2 Å². The highest BCUT2D eigenvalue weighted by Gasteiger charge is 2.32. The highest BCUT2D eigenvalue weighted by atomic mass is 32.1. The number of thiazole rings is 1. The van der Waals surface area contributed by atoms with Gasteiger partial charge in [0.25, 0.3) is 5.56 Å². The van der Waals surface area contributed by atoms with Crippen LogP contribution < -0.4 is 14.9 Å². The van der Waals surface area contributed by atoms with Crippen LogP contribution in [-0.2, 0) is 6.42 Å². The van der Waals surface area contributed by atoms with Crippen LogP contribution in [0.1, 0.15) is 57.2 Å². The molecule has 0 unspecified atom stereocenters. The molecule has 0 saturated heterocycles. The molecule has 7 rings (SSSR count). The number of aromatic nitrogens is 2. The van der Waals surface area contributed by atoms with Gasteiger partial charge in [0.15, 0.2) is 4.80 Å². The van der Waals surface area contributed by atoms with Crippen molar-refractivity contribution in [3.05, 3.63) is 149 Å². The van der Waals surface area contributed by atoms with E-state index in [2.05, 4.69) is 111 Å². The van der Waals surface area contributed by atoms with Gasteiger partial charge >= 0.3 is 0 Å². The molecule has 2 aromatic heterocycles. The molecule has 0 saturated carbocycles. The van der Waals surface area contributed by atoms with Crippen LogP contribution >= 0.6 is 11.3 Å². The standard InChI is InChI=1S/C35H31N3OS/c1-21-11-10-12-22(2)32(21)37-23(3)19-27(24(37)4)20-30-34(39)38-33(26-14-6-5-7-15-26)29-18-17-25-13-8-9-16-28(25)31(29)36-35(38)40-30/h5-16,19-20,33H,17-18H2,1-4H3/b30-20+/t33-/m1/s1. The van der Waals surface area contributed by atoms with Crippen molar-refractivity contribution in [2.45, 2.75) is 46.6 Å². The molecule has 0 fully saturated rings. The number of rotatable bonds is 3. The van der Waals surface area contributed by atoms with E-state index in [1.165, 1.54) is 44.9 Å². The molecule has 5 aromatic rings. The Bertz CT molecular complexity index is 2000. The topological polar surface area (TPSA) is 39.3 Å². The van der Waals surface area contributed by atoms with Gasteiger partial charge in [-0.1, -0.05) is 84.1 Å². The normalized spacial score (nSPS) is 16.4. The predicted molar refractivity (Wildman–Crippen MR) is 164 cm³/mol. The number of aryl methyl sites for hydroxylation is 4. The molecule has 3 aromatic carbocycles. The second kappa shape index (κ2) is 9.46. The van der Waals surface area contributed by atoms with Crippen LogP contribution in [0, 0.1) is 27.7 Å². The first-order chi connectivity index (χ1) is 19.4. The molecule has 5 heteroatoms. The Labute approximate surface area is 237 Å². The first-order valence-corrected chi connectivity index (χ1v) is 14.7. The molecule has 0 spiro atoms. The second-order valence-corrected chi connectivity index (χ2v) is 11.9. The fourth-order valence-corrected chi connectivity index (χ4v) is 7.53. The second-order valence-electron chi connectivity index (χ2n) is 10.9. The summed E-state index contributed by atoms with van der Waals surface area (Å²) in [5, 5.41) is 0. The molecule has 0 bridgehead atoms. The average Bonchev–Trinajstić information content (AvgIpc) is 3.42. The third-order valence-electron chi connectivity index (χ3n) is 8.41. The Hall–Kier alpha value is -4.22. The summed E-state index contributed by atoms with van der Waals surface area (Å²) >= 11 is 1.50. The Morgan fingerprint density at radius 2 is 1.60 bits per heavy atom. The first-order valence-electron chi connectivity index (χ1n) is 13.9. The summed E-state index contributed by atoms with van der Waals surface area (Å²) in [6, 6.07) is 27.4. The zero-order valence-electron chi connectivity index (χ0n) is 23.2. The molecule has 2 aliphatic rings. The van der Waals surface area contributed by atoms with Crippen LogP contribution in [0.2, 0.25) is 0 Å². The molecule has 0 N–H and O–H groups in total. The summed E-state index contributed by atoms with van der Waals surface area (Å²) in [6.07, 6.45) is 3.92. The highest BCUT2D eigenvalue weighted by Crippen LogP contribution is 2.41. The molecule has 4 nitrogen and oxygen atoms in total. The summed E-state index contributed by atoms with van der Waals surface area (Å²) in [4.78, 5) is 20.1. The molecular formula is C35H31N3OS. The van der Waals surface area contributed by atoms with Crippen molar-refractivity contribution in [3.8, 4) is 5.69 Å². The van der Waals surface area contributed by atoms with Gasteiger partial charge in [-0.15, -0.1) is 0 Å². The van der Waals surface area contributed by atoms with Crippen LogP contribution in [0.4, 0.5) is 0 Å². The van der Waals surface area contributed by atoms with Gasteiger partial charge in [0, 0.05) is 17.0 Å². The van der Waals surface area contributed by atoms with Gasteiger partial charge in [-0.25, -0.2) is 4.99 Å². The Morgan fingerprint density at radius 1 is 0.875 bits per heavy atom. The molecule has 1 atom stereocenters. The number of para-hydroxylation sites is 1. The van der Waals surface area contributed by atoms with Crippen LogP contribution in [0.25, 0.3) is 17.5 Å². The number of hydrogen-bond donors (Lipinski definition) is 0. The Balaban J connectivity index is 1.45. The van der Waals surface area contributed by atoms with Gasteiger partial charge in [0.1, 0.15) is 0 Å². The molecule has 198 valence electrons. The van der Waals surface area contributed by atoms with Gasteiger partial charge in [0.2, 0.25) is 0 Å². The molecule has 3 heterocycles. The quantitative estimate of drug-likeness (QED) is 0.263. The summed E-state index contributed by atoms with van der Waals surface area (Å²) in [7, 11) is 0. The number of nitrogens with zero attached hydrogens (tertiary/aromatic N) is 3. The minimum atomic E-state index is -0.148. The van der Waals surface area contributed by atoms with Gasteiger partial charge in [-0.2, -0.15) is 0 Å². The van der Waals surface area contributed by atoms with E-state index in [4.69, 9.17) is 4.99 Å². The van der Waals surface area contributed by atoms with E-state index in [0.29, 0.717) is 0 Å². The van der Waals surface area contributed by atoms with E-state index in [-0.39, 0.29) is 11.6 Å². The van der Waals surface area contributed by atoms with E-state index < -0.39 is 0 Å². The first kappa shape index (κ1) is 24.8. The van der Waals surface area contributed by atoms with E-state index in [1.807, 2.05) is 10.6 Å². The number of hydrogen-bond acceptors (Lipinski definition) is 3. The lowest BCUT2D eigenvalue weighted by molar-refractivity contribution is 0.585. The minimum Gasteiger partial charge on any atom is -0.317 e. The van der Waals surface area contributed by atoms with E-state index >= 15 is 0 Å². The molecular weight excluding hydrogens is 510 g/mol. The fraction of sp³-hybridized carbons (Fsp3) is 0.200. The van der Waals surface area contributed by atoms with E-state index in [9.17, 15) is 4.79 Å². The Kier molecular flexibility index (Phi) is 5.86. The summed E-state index contributed by atoms with van der Waals surface area (Å²) in [6.45, 7) is 8.59.